The van der Waals surface area contributed by atoms with Gasteiger partial charge < -0.3 is 19.0 Å². The number of rotatable bonds is 6. The number of carbonyl (C=O) groups excluding carboxylic acids is 1. The van der Waals surface area contributed by atoms with E-state index in [0.717, 1.165) is 41.3 Å². The molecule has 0 saturated heterocycles. The molecule has 1 N–H and O–H groups in total. The van der Waals surface area contributed by atoms with Crippen molar-refractivity contribution < 1.29 is 13.9 Å². The van der Waals surface area contributed by atoms with E-state index in [4.69, 9.17) is 9.15 Å². The maximum atomic E-state index is 12.5. The third-order valence-corrected chi connectivity index (χ3v) is 5.64. The lowest BCUT2D eigenvalue weighted by molar-refractivity contribution is -0.127. The molecule has 8 nitrogen and oxygen atoms in total. The highest BCUT2D eigenvalue weighted by molar-refractivity contribution is 5.86. The standard InChI is InChI=1S/C22H26N4O4/c1-12(2)26-11-24-25-19(26)10-23-21(27)14(4)29-18-9-8-16-15-6-5-7-17(15)22(28)30-20(16)13(18)3/h8-9,11-12,14H,5-7,10H2,1-4H3,(H,23,27). The summed E-state index contributed by atoms with van der Waals surface area (Å²) < 4.78 is 13.4. The average Bonchev–Trinajstić information content (AvgIpc) is 3.38. The van der Waals surface area contributed by atoms with Gasteiger partial charge in [-0.2, -0.15) is 0 Å². The molecule has 1 atom stereocenters. The van der Waals surface area contributed by atoms with Crippen LogP contribution in [-0.2, 0) is 24.2 Å². The fourth-order valence-electron chi connectivity index (χ4n) is 3.97. The van der Waals surface area contributed by atoms with E-state index >= 15 is 0 Å². The van der Waals surface area contributed by atoms with Crippen molar-refractivity contribution in [2.24, 2.45) is 0 Å². The molecule has 4 rings (SSSR count). The van der Waals surface area contributed by atoms with Crippen molar-refractivity contribution in [3.63, 3.8) is 0 Å². The molecule has 1 aliphatic rings. The summed E-state index contributed by atoms with van der Waals surface area (Å²) in [5.41, 5.74) is 2.86. The van der Waals surface area contributed by atoms with E-state index in [1.807, 2.05) is 37.5 Å². The number of aryl methyl sites for hydroxylation is 2. The molecule has 1 amide bonds. The molecule has 0 spiro atoms. The Labute approximate surface area is 174 Å². The zero-order valence-corrected chi connectivity index (χ0v) is 17.7. The average molecular weight is 410 g/mol. The molecular weight excluding hydrogens is 384 g/mol. The molecule has 2 heterocycles. The van der Waals surface area contributed by atoms with Crippen LogP contribution in [0, 0.1) is 6.92 Å². The van der Waals surface area contributed by atoms with Gasteiger partial charge in [0.25, 0.3) is 5.91 Å². The van der Waals surface area contributed by atoms with E-state index in [1.165, 1.54) is 0 Å². The molecule has 1 unspecified atom stereocenters. The van der Waals surface area contributed by atoms with Crippen molar-refractivity contribution in [1.82, 2.24) is 20.1 Å². The van der Waals surface area contributed by atoms with Gasteiger partial charge in [0, 0.05) is 22.6 Å². The van der Waals surface area contributed by atoms with Crippen LogP contribution in [-0.4, -0.2) is 26.8 Å². The fourth-order valence-corrected chi connectivity index (χ4v) is 3.97. The first-order valence-corrected chi connectivity index (χ1v) is 10.3. The van der Waals surface area contributed by atoms with Gasteiger partial charge in [-0.1, -0.05) is 0 Å². The Morgan fingerprint density at radius 1 is 1.27 bits per heavy atom. The minimum absolute atomic E-state index is 0.205. The first kappa shape index (κ1) is 20.1. The fraction of sp³-hybridized carbons (Fsp3) is 0.455. The zero-order chi connectivity index (χ0) is 21.4. The molecule has 158 valence electrons. The van der Waals surface area contributed by atoms with E-state index in [0.29, 0.717) is 17.2 Å². The number of nitrogens with zero attached hydrogens (tertiary/aromatic N) is 3. The lowest BCUT2D eigenvalue weighted by atomic mass is 10.0. The highest BCUT2D eigenvalue weighted by atomic mass is 16.5. The number of hydrogen-bond donors (Lipinski definition) is 1. The van der Waals surface area contributed by atoms with Gasteiger partial charge in [0.2, 0.25) is 0 Å². The maximum Gasteiger partial charge on any atom is 0.339 e. The van der Waals surface area contributed by atoms with Crippen molar-refractivity contribution in [3.05, 3.63) is 51.4 Å². The molecule has 3 aromatic rings. The van der Waals surface area contributed by atoms with Gasteiger partial charge in [-0.15, -0.1) is 10.2 Å². The molecule has 30 heavy (non-hydrogen) atoms. The molecule has 0 aliphatic heterocycles. The Kier molecular flexibility index (Phi) is 5.32. The number of aromatic nitrogens is 3. The first-order chi connectivity index (χ1) is 14.4. The van der Waals surface area contributed by atoms with Crippen molar-refractivity contribution >= 4 is 16.9 Å². The van der Waals surface area contributed by atoms with Gasteiger partial charge in [-0.05, 0) is 64.7 Å². The van der Waals surface area contributed by atoms with Gasteiger partial charge in [-0.3, -0.25) is 4.79 Å². The summed E-state index contributed by atoms with van der Waals surface area (Å²) in [6.07, 6.45) is 3.55. The molecule has 0 fully saturated rings. The van der Waals surface area contributed by atoms with E-state index in [9.17, 15) is 9.59 Å². The van der Waals surface area contributed by atoms with Gasteiger partial charge in [0.1, 0.15) is 17.7 Å². The Morgan fingerprint density at radius 2 is 2.03 bits per heavy atom. The van der Waals surface area contributed by atoms with Crippen LogP contribution in [0.1, 0.15) is 55.7 Å². The van der Waals surface area contributed by atoms with Crippen LogP contribution < -0.4 is 15.7 Å². The molecule has 1 aliphatic carbocycles. The third-order valence-electron chi connectivity index (χ3n) is 5.64. The van der Waals surface area contributed by atoms with Crippen molar-refractivity contribution in [2.75, 3.05) is 0 Å². The lowest BCUT2D eigenvalue weighted by Gasteiger charge is -2.17. The normalized spacial score (nSPS) is 14.2. The van der Waals surface area contributed by atoms with E-state index < -0.39 is 6.10 Å². The summed E-state index contributed by atoms with van der Waals surface area (Å²) in [4.78, 5) is 24.8. The van der Waals surface area contributed by atoms with Gasteiger partial charge in [0.05, 0.1) is 6.54 Å². The number of nitrogens with one attached hydrogen (secondary N) is 1. The topological polar surface area (TPSA) is 99.2 Å². The second-order valence-electron chi connectivity index (χ2n) is 7.99. The summed E-state index contributed by atoms with van der Waals surface area (Å²) in [5, 5.41) is 11.7. The molecule has 0 radical (unpaired) electrons. The van der Waals surface area contributed by atoms with Crippen LogP contribution in [0.3, 0.4) is 0 Å². The summed E-state index contributed by atoms with van der Waals surface area (Å²) >= 11 is 0. The lowest BCUT2D eigenvalue weighted by Crippen LogP contribution is -2.36. The van der Waals surface area contributed by atoms with E-state index in [2.05, 4.69) is 15.5 Å². The molecule has 8 heteroatoms. The van der Waals surface area contributed by atoms with Crippen molar-refractivity contribution in [3.8, 4) is 5.75 Å². The number of hydrogen-bond acceptors (Lipinski definition) is 6. The molecule has 0 bridgehead atoms. The Morgan fingerprint density at radius 3 is 2.80 bits per heavy atom. The number of benzene rings is 1. The predicted octanol–water partition coefficient (Wildman–Crippen LogP) is 2.85. The number of carbonyl (C=O) groups is 1. The Balaban J connectivity index is 1.50. The first-order valence-electron chi connectivity index (χ1n) is 10.3. The molecule has 2 aromatic heterocycles. The van der Waals surface area contributed by atoms with E-state index in [-0.39, 0.29) is 24.1 Å². The zero-order valence-electron chi connectivity index (χ0n) is 17.7. The highest BCUT2D eigenvalue weighted by Crippen LogP contribution is 2.33. The van der Waals surface area contributed by atoms with Crippen LogP contribution in [0.5, 0.6) is 5.75 Å². The predicted molar refractivity (Wildman–Crippen MR) is 112 cm³/mol. The van der Waals surface area contributed by atoms with Crippen LogP contribution in [0.2, 0.25) is 0 Å². The molecule has 1 aromatic carbocycles. The van der Waals surface area contributed by atoms with Gasteiger partial charge in [0.15, 0.2) is 11.9 Å². The third kappa shape index (κ3) is 3.58. The quantitative estimate of drug-likeness (QED) is 0.628. The second kappa shape index (κ2) is 7.93. The van der Waals surface area contributed by atoms with Crippen LogP contribution >= 0.6 is 0 Å². The largest absolute Gasteiger partial charge is 0.480 e. The Hall–Kier alpha value is -3.16. The number of amides is 1. The van der Waals surface area contributed by atoms with Gasteiger partial charge >= 0.3 is 5.63 Å². The summed E-state index contributed by atoms with van der Waals surface area (Å²) in [7, 11) is 0. The smallest absolute Gasteiger partial charge is 0.339 e. The van der Waals surface area contributed by atoms with E-state index in [1.54, 1.807) is 13.3 Å². The van der Waals surface area contributed by atoms with Crippen molar-refractivity contribution in [1.29, 1.82) is 0 Å². The summed E-state index contributed by atoms with van der Waals surface area (Å²) in [5.74, 6) is 0.947. The summed E-state index contributed by atoms with van der Waals surface area (Å²) in [6, 6.07) is 3.97. The number of fused-ring (bicyclic) bond motifs is 3. The number of ether oxygens (including phenoxy) is 1. The highest BCUT2D eigenvalue weighted by Gasteiger charge is 2.23. The molecular formula is C22H26N4O4. The van der Waals surface area contributed by atoms with Crippen molar-refractivity contribution in [2.45, 2.75) is 65.6 Å². The Bertz CT molecular complexity index is 1160. The minimum atomic E-state index is -0.724. The SMILES string of the molecule is Cc1c(OC(C)C(=O)NCc2nncn2C(C)C)ccc2c3c(c(=O)oc12)CCC3. The van der Waals surface area contributed by atoms with Crippen LogP contribution in [0.4, 0.5) is 0 Å². The molecule has 0 saturated carbocycles. The minimum Gasteiger partial charge on any atom is -0.480 e. The monoisotopic (exact) mass is 410 g/mol. The summed E-state index contributed by atoms with van der Waals surface area (Å²) in [6.45, 7) is 7.85. The van der Waals surface area contributed by atoms with Gasteiger partial charge in [-0.25, -0.2) is 4.79 Å². The van der Waals surface area contributed by atoms with Crippen LogP contribution in [0.15, 0.2) is 27.7 Å². The maximum absolute atomic E-state index is 12.5. The second-order valence-corrected chi connectivity index (χ2v) is 7.99. The van der Waals surface area contributed by atoms with Crippen LogP contribution in [0.25, 0.3) is 11.0 Å².